The number of phenols is 1. The Balaban J connectivity index is 1.94. The van der Waals surface area contributed by atoms with E-state index in [-0.39, 0.29) is 11.7 Å². The summed E-state index contributed by atoms with van der Waals surface area (Å²) in [6.07, 6.45) is 2.03. The lowest BCUT2D eigenvalue weighted by atomic mass is 10.2. The highest BCUT2D eigenvalue weighted by Crippen LogP contribution is 2.15. The predicted molar refractivity (Wildman–Crippen MR) is 77.5 cm³/mol. The number of phenolic OH excluding ortho intramolecular Hbond substituents is 1. The number of hydrogen-bond acceptors (Lipinski definition) is 3. The Hall–Kier alpha value is -1.94. The lowest BCUT2D eigenvalue weighted by Crippen LogP contribution is -2.22. The highest BCUT2D eigenvalue weighted by atomic mass is 32.2. The van der Waals surface area contributed by atoms with Crippen LogP contribution in [0.15, 0.2) is 53.4 Å². The number of carbonyl (C=O) groups is 1. The zero-order chi connectivity index (χ0) is 13.7. The van der Waals surface area contributed by atoms with Gasteiger partial charge in [0.05, 0.1) is 0 Å². The zero-order valence-electron chi connectivity index (χ0n) is 10.6. The summed E-state index contributed by atoms with van der Waals surface area (Å²) in [6.45, 7) is 0.494. The van der Waals surface area contributed by atoms with Gasteiger partial charge >= 0.3 is 0 Å². The molecule has 0 aromatic heterocycles. The van der Waals surface area contributed by atoms with Gasteiger partial charge < -0.3 is 10.4 Å². The van der Waals surface area contributed by atoms with Crippen LogP contribution >= 0.6 is 11.8 Å². The maximum Gasteiger partial charge on any atom is 0.251 e. The van der Waals surface area contributed by atoms with Gasteiger partial charge in [0, 0.05) is 17.0 Å². The molecule has 2 aromatic rings. The summed E-state index contributed by atoms with van der Waals surface area (Å²) in [7, 11) is 0. The number of carbonyl (C=O) groups excluding carboxylic acids is 1. The molecule has 0 bridgehead atoms. The van der Waals surface area contributed by atoms with Gasteiger partial charge in [-0.2, -0.15) is 0 Å². The summed E-state index contributed by atoms with van der Waals surface area (Å²) in [6, 6.07) is 14.3. The van der Waals surface area contributed by atoms with Crippen molar-refractivity contribution >= 4 is 17.7 Å². The smallest absolute Gasteiger partial charge is 0.251 e. The molecule has 0 spiro atoms. The van der Waals surface area contributed by atoms with Crippen molar-refractivity contribution in [1.82, 2.24) is 5.32 Å². The molecule has 0 fully saturated rings. The zero-order valence-corrected chi connectivity index (χ0v) is 11.4. The van der Waals surface area contributed by atoms with Gasteiger partial charge in [0.2, 0.25) is 0 Å². The number of benzene rings is 2. The van der Waals surface area contributed by atoms with Gasteiger partial charge in [-0.05, 0) is 48.2 Å². The third-order valence-electron chi connectivity index (χ3n) is 2.74. The number of rotatable bonds is 4. The second-order valence-electron chi connectivity index (χ2n) is 4.08. The van der Waals surface area contributed by atoms with Crippen molar-refractivity contribution in [3.05, 3.63) is 59.7 Å². The van der Waals surface area contributed by atoms with Crippen molar-refractivity contribution in [2.45, 2.75) is 11.4 Å². The van der Waals surface area contributed by atoms with E-state index in [4.69, 9.17) is 5.11 Å². The number of nitrogens with one attached hydrogen (secondary N) is 1. The van der Waals surface area contributed by atoms with Gasteiger partial charge in [-0.1, -0.05) is 12.1 Å². The first-order valence-electron chi connectivity index (χ1n) is 5.89. The summed E-state index contributed by atoms with van der Waals surface area (Å²) < 4.78 is 0. The van der Waals surface area contributed by atoms with Crippen molar-refractivity contribution in [1.29, 1.82) is 0 Å². The Kier molecular flexibility index (Phi) is 4.47. The fourth-order valence-electron chi connectivity index (χ4n) is 1.64. The van der Waals surface area contributed by atoms with Crippen LogP contribution in [0.4, 0.5) is 0 Å². The maximum absolute atomic E-state index is 11.9. The second kappa shape index (κ2) is 6.29. The minimum Gasteiger partial charge on any atom is -0.508 e. The molecular weight excluding hydrogens is 258 g/mol. The van der Waals surface area contributed by atoms with Crippen LogP contribution in [0.2, 0.25) is 0 Å². The molecular formula is C15H15NO2S. The van der Waals surface area contributed by atoms with Crippen LogP contribution in [-0.4, -0.2) is 17.3 Å². The molecule has 0 aliphatic carbocycles. The van der Waals surface area contributed by atoms with Crippen LogP contribution in [0, 0.1) is 0 Å². The maximum atomic E-state index is 11.9. The Morgan fingerprint density at radius 1 is 1.11 bits per heavy atom. The number of hydrogen-bond donors (Lipinski definition) is 2. The van der Waals surface area contributed by atoms with Crippen molar-refractivity contribution in [3.8, 4) is 5.75 Å². The van der Waals surface area contributed by atoms with Gasteiger partial charge in [-0.15, -0.1) is 11.8 Å². The minimum absolute atomic E-state index is 0.144. The normalized spacial score (nSPS) is 10.2. The molecule has 0 aliphatic heterocycles. The van der Waals surface area contributed by atoms with Crippen LogP contribution in [0.5, 0.6) is 5.75 Å². The molecule has 0 aliphatic rings. The van der Waals surface area contributed by atoms with Crippen molar-refractivity contribution < 1.29 is 9.90 Å². The molecule has 2 aromatic carbocycles. The van der Waals surface area contributed by atoms with E-state index < -0.39 is 0 Å². The third-order valence-corrected chi connectivity index (χ3v) is 3.49. The summed E-state index contributed by atoms with van der Waals surface area (Å²) in [5.41, 5.74) is 1.60. The summed E-state index contributed by atoms with van der Waals surface area (Å²) in [5.74, 6) is 0.0122. The van der Waals surface area contributed by atoms with E-state index >= 15 is 0 Å². The Labute approximate surface area is 116 Å². The van der Waals surface area contributed by atoms with Crippen LogP contribution in [0.25, 0.3) is 0 Å². The molecule has 0 radical (unpaired) electrons. The van der Waals surface area contributed by atoms with Crippen LogP contribution < -0.4 is 5.32 Å². The van der Waals surface area contributed by atoms with E-state index in [2.05, 4.69) is 5.32 Å². The fraction of sp³-hybridized carbons (Fsp3) is 0.133. The first kappa shape index (κ1) is 13.5. The van der Waals surface area contributed by atoms with Gasteiger partial charge in [0.15, 0.2) is 0 Å². The fourth-order valence-corrected chi connectivity index (χ4v) is 2.05. The van der Waals surface area contributed by atoms with Crippen LogP contribution in [0.1, 0.15) is 15.9 Å². The van der Waals surface area contributed by atoms with Gasteiger partial charge in [-0.25, -0.2) is 0 Å². The average molecular weight is 273 g/mol. The molecule has 2 rings (SSSR count). The van der Waals surface area contributed by atoms with E-state index in [1.807, 2.05) is 30.5 Å². The quantitative estimate of drug-likeness (QED) is 0.842. The monoisotopic (exact) mass is 273 g/mol. The molecule has 0 heterocycles. The van der Waals surface area contributed by atoms with E-state index in [0.717, 1.165) is 5.56 Å². The van der Waals surface area contributed by atoms with E-state index in [1.165, 1.54) is 17.0 Å². The minimum atomic E-state index is -0.144. The summed E-state index contributed by atoms with van der Waals surface area (Å²) in [4.78, 5) is 13.1. The first-order chi connectivity index (χ1) is 9.19. The van der Waals surface area contributed by atoms with Crippen LogP contribution in [-0.2, 0) is 6.54 Å². The molecule has 0 atom stereocenters. The number of amides is 1. The molecule has 1 amide bonds. The Bertz CT molecular complexity index is 549. The van der Waals surface area contributed by atoms with Gasteiger partial charge in [0.1, 0.15) is 5.75 Å². The summed E-state index contributed by atoms with van der Waals surface area (Å²) in [5, 5.41) is 12.0. The van der Waals surface area contributed by atoms with Crippen molar-refractivity contribution in [2.75, 3.05) is 6.26 Å². The Morgan fingerprint density at radius 3 is 2.32 bits per heavy atom. The standard InChI is InChI=1S/C15H15NO2S/c1-19-14-8-2-11(3-9-14)10-16-15(18)12-4-6-13(17)7-5-12/h2-9,17H,10H2,1H3,(H,16,18). The van der Waals surface area contributed by atoms with Gasteiger partial charge in [0.25, 0.3) is 5.91 Å². The van der Waals surface area contributed by atoms with Crippen molar-refractivity contribution in [2.24, 2.45) is 0 Å². The number of aromatic hydroxyl groups is 1. The van der Waals surface area contributed by atoms with Crippen molar-refractivity contribution in [3.63, 3.8) is 0 Å². The molecule has 0 saturated heterocycles. The van der Waals surface area contributed by atoms with E-state index in [0.29, 0.717) is 12.1 Å². The first-order valence-corrected chi connectivity index (χ1v) is 7.11. The largest absolute Gasteiger partial charge is 0.508 e. The number of thioether (sulfide) groups is 1. The van der Waals surface area contributed by atoms with Crippen LogP contribution in [0.3, 0.4) is 0 Å². The SMILES string of the molecule is CSc1ccc(CNC(=O)c2ccc(O)cc2)cc1. The molecule has 3 nitrogen and oxygen atoms in total. The molecule has 0 unspecified atom stereocenters. The van der Waals surface area contributed by atoms with Gasteiger partial charge in [-0.3, -0.25) is 4.79 Å². The highest BCUT2D eigenvalue weighted by molar-refractivity contribution is 7.98. The lowest BCUT2D eigenvalue weighted by molar-refractivity contribution is 0.0951. The van der Waals surface area contributed by atoms with E-state index in [9.17, 15) is 4.79 Å². The molecule has 2 N–H and O–H groups in total. The molecule has 19 heavy (non-hydrogen) atoms. The summed E-state index contributed by atoms with van der Waals surface area (Å²) >= 11 is 1.69. The third kappa shape index (κ3) is 3.76. The molecule has 4 heteroatoms. The topological polar surface area (TPSA) is 49.3 Å². The Morgan fingerprint density at radius 2 is 1.74 bits per heavy atom. The second-order valence-corrected chi connectivity index (χ2v) is 4.96. The lowest BCUT2D eigenvalue weighted by Gasteiger charge is -2.06. The highest BCUT2D eigenvalue weighted by Gasteiger charge is 2.04. The molecule has 98 valence electrons. The average Bonchev–Trinajstić information content (AvgIpc) is 2.46. The molecule has 0 saturated carbocycles. The van der Waals surface area contributed by atoms with E-state index in [1.54, 1.807) is 23.9 Å². The predicted octanol–water partition coefficient (Wildman–Crippen LogP) is 3.04.